The molecule has 0 saturated carbocycles. The van der Waals surface area contributed by atoms with Gasteiger partial charge in [0.15, 0.2) is 5.76 Å². The predicted octanol–water partition coefficient (Wildman–Crippen LogP) is 3.31. The second-order valence-corrected chi connectivity index (χ2v) is 9.93. The zero-order valence-electron chi connectivity index (χ0n) is 17.6. The minimum absolute atomic E-state index is 0.155. The van der Waals surface area contributed by atoms with E-state index in [0.29, 0.717) is 37.6 Å². The van der Waals surface area contributed by atoms with Crippen LogP contribution in [-0.4, -0.2) is 58.0 Å². The Kier molecular flexibility index (Phi) is 5.62. The molecular formula is C23H25N3O5S. The number of nitrogens with one attached hydrogen (secondary N) is 1. The van der Waals surface area contributed by atoms with Gasteiger partial charge in [0, 0.05) is 31.6 Å². The maximum atomic E-state index is 13.2. The zero-order valence-corrected chi connectivity index (χ0v) is 18.4. The number of anilines is 2. The van der Waals surface area contributed by atoms with E-state index in [9.17, 15) is 13.2 Å². The molecule has 2 aliphatic heterocycles. The molecule has 9 heteroatoms. The van der Waals surface area contributed by atoms with Crippen molar-refractivity contribution in [3.05, 3.63) is 54.3 Å². The number of ether oxygens (including phenoxy) is 1. The SMILES string of the molecule is O=C(Nc1cc(S(=O)(=O)N2CCOCC2)ccc1N1CCCC1)c1cc2ccccc2o1. The molecule has 1 N–H and O–H groups in total. The van der Waals surface area contributed by atoms with Gasteiger partial charge in [-0.2, -0.15) is 4.31 Å². The second kappa shape index (κ2) is 8.57. The summed E-state index contributed by atoms with van der Waals surface area (Å²) in [5, 5.41) is 3.73. The number of hydrogen-bond donors (Lipinski definition) is 1. The summed E-state index contributed by atoms with van der Waals surface area (Å²) in [4.78, 5) is 15.3. The average molecular weight is 456 g/mol. The van der Waals surface area contributed by atoms with Gasteiger partial charge in [-0.3, -0.25) is 4.79 Å². The third kappa shape index (κ3) is 3.99. The van der Waals surface area contributed by atoms with Gasteiger partial charge in [-0.1, -0.05) is 18.2 Å². The molecule has 2 aliphatic rings. The molecule has 2 fully saturated rings. The Bertz CT molecular complexity index is 1210. The molecule has 3 heterocycles. The molecule has 0 radical (unpaired) electrons. The highest BCUT2D eigenvalue weighted by molar-refractivity contribution is 7.89. The van der Waals surface area contributed by atoms with E-state index in [-0.39, 0.29) is 10.7 Å². The molecule has 32 heavy (non-hydrogen) atoms. The van der Waals surface area contributed by atoms with Crippen LogP contribution in [0.2, 0.25) is 0 Å². The lowest BCUT2D eigenvalue weighted by molar-refractivity contribution is 0.0730. The summed E-state index contributed by atoms with van der Waals surface area (Å²) in [7, 11) is -3.69. The fourth-order valence-corrected chi connectivity index (χ4v) is 5.66. The van der Waals surface area contributed by atoms with Crippen LogP contribution in [0.25, 0.3) is 11.0 Å². The maximum Gasteiger partial charge on any atom is 0.291 e. The summed E-state index contributed by atoms with van der Waals surface area (Å²) in [6.07, 6.45) is 2.12. The standard InChI is InChI=1S/C23H25N3O5S/c27-23(22-15-17-5-1-2-6-21(17)31-22)24-19-16-18(7-8-20(19)25-9-3-4-10-25)32(28,29)26-11-13-30-14-12-26/h1-2,5-8,15-16H,3-4,9-14H2,(H,24,27). The van der Waals surface area contributed by atoms with Crippen molar-refractivity contribution in [1.29, 1.82) is 0 Å². The second-order valence-electron chi connectivity index (χ2n) is 7.99. The number of morpholine rings is 1. The number of carbonyl (C=O) groups is 1. The molecule has 0 unspecified atom stereocenters. The van der Waals surface area contributed by atoms with Crippen molar-refractivity contribution in [3.8, 4) is 0 Å². The molecule has 2 saturated heterocycles. The molecule has 0 bridgehead atoms. The Labute approximate surface area is 186 Å². The van der Waals surface area contributed by atoms with E-state index in [1.54, 1.807) is 30.3 Å². The number of benzene rings is 2. The van der Waals surface area contributed by atoms with Crippen LogP contribution in [0.5, 0.6) is 0 Å². The Balaban J connectivity index is 1.49. The van der Waals surface area contributed by atoms with Crippen molar-refractivity contribution >= 4 is 38.3 Å². The van der Waals surface area contributed by atoms with Crippen LogP contribution in [0.1, 0.15) is 23.4 Å². The van der Waals surface area contributed by atoms with E-state index in [0.717, 1.165) is 37.0 Å². The topological polar surface area (TPSA) is 92.1 Å². The molecule has 8 nitrogen and oxygen atoms in total. The van der Waals surface area contributed by atoms with Crippen LogP contribution in [-0.2, 0) is 14.8 Å². The van der Waals surface area contributed by atoms with E-state index >= 15 is 0 Å². The molecule has 1 aromatic heterocycles. The Morgan fingerprint density at radius 1 is 0.938 bits per heavy atom. The molecule has 1 amide bonds. The van der Waals surface area contributed by atoms with Gasteiger partial charge in [0.1, 0.15) is 5.58 Å². The lowest BCUT2D eigenvalue weighted by Gasteiger charge is -2.27. The number of para-hydroxylation sites is 1. The minimum atomic E-state index is -3.69. The molecule has 0 spiro atoms. The smallest absolute Gasteiger partial charge is 0.291 e. The van der Waals surface area contributed by atoms with E-state index < -0.39 is 15.9 Å². The van der Waals surface area contributed by atoms with Crippen molar-refractivity contribution < 1.29 is 22.4 Å². The average Bonchev–Trinajstić information content (AvgIpc) is 3.50. The highest BCUT2D eigenvalue weighted by Crippen LogP contribution is 2.33. The van der Waals surface area contributed by atoms with Gasteiger partial charge in [-0.25, -0.2) is 8.42 Å². The predicted molar refractivity (Wildman–Crippen MR) is 122 cm³/mol. The molecular weight excluding hydrogens is 430 g/mol. The van der Waals surface area contributed by atoms with Crippen LogP contribution in [0.15, 0.2) is 57.8 Å². The molecule has 0 atom stereocenters. The highest BCUT2D eigenvalue weighted by atomic mass is 32.2. The fraction of sp³-hybridized carbons (Fsp3) is 0.348. The normalized spacial score (nSPS) is 17.7. The number of hydrogen-bond acceptors (Lipinski definition) is 6. The third-order valence-electron chi connectivity index (χ3n) is 5.92. The lowest BCUT2D eigenvalue weighted by Crippen LogP contribution is -2.40. The number of carbonyl (C=O) groups excluding carboxylic acids is 1. The number of rotatable bonds is 5. The van der Waals surface area contributed by atoms with Crippen LogP contribution in [0, 0.1) is 0 Å². The van der Waals surface area contributed by atoms with Crippen molar-refractivity contribution in [2.24, 2.45) is 0 Å². The van der Waals surface area contributed by atoms with Gasteiger partial charge in [0.25, 0.3) is 5.91 Å². The van der Waals surface area contributed by atoms with Crippen LogP contribution in [0.4, 0.5) is 11.4 Å². The van der Waals surface area contributed by atoms with Gasteiger partial charge < -0.3 is 19.4 Å². The Hall–Kier alpha value is -2.88. The van der Waals surface area contributed by atoms with Gasteiger partial charge in [-0.05, 0) is 43.2 Å². The molecule has 3 aromatic rings. The monoisotopic (exact) mass is 455 g/mol. The van der Waals surface area contributed by atoms with Crippen LogP contribution >= 0.6 is 0 Å². The van der Waals surface area contributed by atoms with Crippen molar-refractivity contribution in [3.63, 3.8) is 0 Å². The first-order valence-corrected chi connectivity index (χ1v) is 12.2. The number of nitrogens with zero attached hydrogens (tertiary/aromatic N) is 2. The van der Waals surface area contributed by atoms with Crippen LogP contribution in [0.3, 0.4) is 0 Å². The van der Waals surface area contributed by atoms with E-state index in [1.807, 2.05) is 18.2 Å². The molecule has 2 aromatic carbocycles. The van der Waals surface area contributed by atoms with E-state index in [2.05, 4.69) is 10.2 Å². The number of furan rings is 1. The largest absolute Gasteiger partial charge is 0.451 e. The number of sulfonamides is 1. The van der Waals surface area contributed by atoms with Gasteiger partial charge in [-0.15, -0.1) is 0 Å². The fourth-order valence-electron chi connectivity index (χ4n) is 4.22. The quantitative estimate of drug-likeness (QED) is 0.635. The third-order valence-corrected chi connectivity index (χ3v) is 7.81. The van der Waals surface area contributed by atoms with Crippen molar-refractivity contribution in [1.82, 2.24) is 4.31 Å². The molecule has 5 rings (SSSR count). The highest BCUT2D eigenvalue weighted by Gasteiger charge is 2.28. The Morgan fingerprint density at radius 2 is 1.69 bits per heavy atom. The lowest BCUT2D eigenvalue weighted by atomic mass is 10.2. The summed E-state index contributed by atoms with van der Waals surface area (Å²) in [5.74, 6) is -0.234. The minimum Gasteiger partial charge on any atom is -0.451 e. The summed E-state index contributed by atoms with van der Waals surface area (Å²) >= 11 is 0. The van der Waals surface area contributed by atoms with Gasteiger partial charge >= 0.3 is 0 Å². The summed E-state index contributed by atoms with van der Waals surface area (Å²) in [5.41, 5.74) is 1.90. The zero-order chi connectivity index (χ0) is 22.1. The van der Waals surface area contributed by atoms with Gasteiger partial charge in [0.05, 0.1) is 29.5 Å². The molecule has 0 aliphatic carbocycles. The van der Waals surface area contributed by atoms with E-state index in [1.165, 1.54) is 4.31 Å². The number of amides is 1. The molecule has 168 valence electrons. The van der Waals surface area contributed by atoms with Crippen LogP contribution < -0.4 is 10.2 Å². The summed E-state index contributed by atoms with van der Waals surface area (Å²) in [6, 6.07) is 14.1. The summed E-state index contributed by atoms with van der Waals surface area (Å²) in [6.45, 7) is 3.11. The van der Waals surface area contributed by atoms with Gasteiger partial charge in [0.2, 0.25) is 10.0 Å². The van der Waals surface area contributed by atoms with E-state index in [4.69, 9.17) is 9.15 Å². The first-order valence-electron chi connectivity index (χ1n) is 10.8. The van der Waals surface area contributed by atoms with Crippen molar-refractivity contribution in [2.45, 2.75) is 17.7 Å². The first kappa shape index (κ1) is 21.0. The first-order chi connectivity index (χ1) is 15.5. The maximum absolute atomic E-state index is 13.2. The Morgan fingerprint density at radius 3 is 2.44 bits per heavy atom. The van der Waals surface area contributed by atoms with Crippen molar-refractivity contribution in [2.75, 3.05) is 49.6 Å². The number of fused-ring (bicyclic) bond motifs is 1. The summed E-state index contributed by atoms with van der Waals surface area (Å²) < 4.78 is 38.7.